The van der Waals surface area contributed by atoms with E-state index in [0.29, 0.717) is 12.2 Å². The van der Waals surface area contributed by atoms with E-state index in [4.69, 9.17) is 0 Å². The lowest BCUT2D eigenvalue weighted by Gasteiger charge is -2.07. The molecule has 0 bridgehead atoms. The summed E-state index contributed by atoms with van der Waals surface area (Å²) < 4.78 is 4.76. The van der Waals surface area contributed by atoms with E-state index in [1.165, 1.54) is 0 Å². The van der Waals surface area contributed by atoms with Crippen molar-refractivity contribution >= 4 is 21.8 Å². The summed E-state index contributed by atoms with van der Waals surface area (Å²) in [6.45, 7) is 4.09. The minimum atomic E-state index is -0.0531. The number of aromatic nitrogens is 3. The lowest BCUT2D eigenvalue weighted by molar-refractivity contribution is 0.0943. The molecule has 1 N–H and O–H groups in total. The van der Waals surface area contributed by atoms with Gasteiger partial charge in [0, 0.05) is 42.7 Å². The van der Waals surface area contributed by atoms with Crippen molar-refractivity contribution in [2.45, 2.75) is 20.0 Å². The SMILES string of the molecule is CCn1cc(Br)cc1C(=O)NCCn1ccnc1. The molecule has 0 saturated carbocycles. The van der Waals surface area contributed by atoms with Gasteiger partial charge in [-0.05, 0) is 28.9 Å². The molecule has 1 amide bonds. The first-order valence-electron chi connectivity index (χ1n) is 5.80. The molecule has 0 aliphatic heterocycles. The van der Waals surface area contributed by atoms with Gasteiger partial charge in [0.1, 0.15) is 5.69 Å². The number of nitrogens with one attached hydrogen (secondary N) is 1. The van der Waals surface area contributed by atoms with Crippen LogP contribution in [0, 0.1) is 0 Å². The van der Waals surface area contributed by atoms with Crippen molar-refractivity contribution < 1.29 is 4.79 Å². The van der Waals surface area contributed by atoms with Gasteiger partial charge in [0.25, 0.3) is 5.91 Å². The van der Waals surface area contributed by atoms with Crippen LogP contribution in [0.5, 0.6) is 0 Å². The molecule has 0 atom stereocenters. The lowest BCUT2D eigenvalue weighted by atomic mass is 10.4. The van der Waals surface area contributed by atoms with Crippen molar-refractivity contribution in [1.29, 1.82) is 0 Å². The van der Waals surface area contributed by atoms with E-state index in [2.05, 4.69) is 26.2 Å². The lowest BCUT2D eigenvalue weighted by Crippen LogP contribution is -2.28. The predicted molar refractivity (Wildman–Crippen MR) is 72.4 cm³/mol. The third-order valence-electron chi connectivity index (χ3n) is 2.65. The zero-order valence-corrected chi connectivity index (χ0v) is 11.7. The van der Waals surface area contributed by atoms with Gasteiger partial charge in [0.2, 0.25) is 0 Å². The van der Waals surface area contributed by atoms with Crippen molar-refractivity contribution in [3.05, 3.63) is 41.2 Å². The van der Waals surface area contributed by atoms with Gasteiger partial charge in [-0.2, -0.15) is 0 Å². The summed E-state index contributed by atoms with van der Waals surface area (Å²) in [4.78, 5) is 15.9. The average Bonchev–Trinajstić information content (AvgIpc) is 2.98. The van der Waals surface area contributed by atoms with Crippen LogP contribution in [0.3, 0.4) is 0 Å². The summed E-state index contributed by atoms with van der Waals surface area (Å²) >= 11 is 3.38. The molecule has 0 radical (unpaired) electrons. The Morgan fingerprint density at radius 3 is 3.06 bits per heavy atom. The summed E-state index contributed by atoms with van der Waals surface area (Å²) in [6.07, 6.45) is 7.24. The van der Waals surface area contributed by atoms with Crippen LogP contribution in [-0.2, 0) is 13.1 Å². The summed E-state index contributed by atoms with van der Waals surface area (Å²) in [7, 11) is 0. The molecule has 18 heavy (non-hydrogen) atoms. The molecule has 0 aromatic carbocycles. The van der Waals surface area contributed by atoms with Gasteiger partial charge in [0.05, 0.1) is 6.33 Å². The molecule has 5 nitrogen and oxygen atoms in total. The van der Waals surface area contributed by atoms with Crippen LogP contribution in [-0.4, -0.2) is 26.6 Å². The third-order valence-corrected chi connectivity index (χ3v) is 3.08. The van der Waals surface area contributed by atoms with Crippen LogP contribution in [0.25, 0.3) is 0 Å². The Labute approximate surface area is 114 Å². The fourth-order valence-corrected chi connectivity index (χ4v) is 2.20. The Kier molecular flexibility index (Phi) is 4.19. The Bertz CT molecular complexity index is 518. The van der Waals surface area contributed by atoms with Gasteiger partial charge in [-0.1, -0.05) is 0 Å². The van der Waals surface area contributed by atoms with E-state index < -0.39 is 0 Å². The number of nitrogens with zero attached hydrogens (tertiary/aromatic N) is 3. The molecule has 2 rings (SSSR count). The summed E-state index contributed by atoms with van der Waals surface area (Å²) in [5.74, 6) is -0.0531. The van der Waals surface area contributed by atoms with Crippen LogP contribution in [0.2, 0.25) is 0 Å². The van der Waals surface area contributed by atoms with Crippen LogP contribution in [0.4, 0.5) is 0 Å². The highest BCUT2D eigenvalue weighted by Gasteiger charge is 2.11. The fourth-order valence-electron chi connectivity index (χ4n) is 1.73. The molecule has 0 spiro atoms. The first-order chi connectivity index (χ1) is 8.70. The molecule has 2 heterocycles. The molecular weight excluding hydrogens is 296 g/mol. The number of carbonyl (C=O) groups excluding carboxylic acids is 1. The predicted octanol–water partition coefficient (Wildman–Crippen LogP) is 1.90. The Morgan fingerprint density at radius 2 is 2.39 bits per heavy atom. The van der Waals surface area contributed by atoms with E-state index in [1.54, 1.807) is 12.5 Å². The van der Waals surface area contributed by atoms with E-state index in [9.17, 15) is 4.79 Å². The van der Waals surface area contributed by atoms with E-state index in [1.807, 2.05) is 34.5 Å². The molecule has 2 aromatic rings. The first kappa shape index (κ1) is 12.9. The number of amides is 1. The van der Waals surface area contributed by atoms with Gasteiger partial charge in [0.15, 0.2) is 0 Å². The number of rotatable bonds is 5. The van der Waals surface area contributed by atoms with Gasteiger partial charge >= 0.3 is 0 Å². The van der Waals surface area contributed by atoms with E-state index in [-0.39, 0.29) is 5.91 Å². The highest BCUT2D eigenvalue weighted by Crippen LogP contribution is 2.14. The molecule has 0 aliphatic rings. The van der Waals surface area contributed by atoms with Gasteiger partial charge in [-0.25, -0.2) is 4.98 Å². The maximum absolute atomic E-state index is 12.0. The topological polar surface area (TPSA) is 51.9 Å². The van der Waals surface area contributed by atoms with Gasteiger partial charge in [-0.3, -0.25) is 4.79 Å². The van der Waals surface area contributed by atoms with E-state index in [0.717, 1.165) is 17.6 Å². The fraction of sp³-hybridized carbons (Fsp3) is 0.333. The zero-order valence-electron chi connectivity index (χ0n) is 10.1. The third kappa shape index (κ3) is 3.01. The van der Waals surface area contributed by atoms with Crippen molar-refractivity contribution in [3.8, 4) is 0 Å². The zero-order chi connectivity index (χ0) is 13.0. The monoisotopic (exact) mass is 310 g/mol. The molecule has 6 heteroatoms. The van der Waals surface area contributed by atoms with Crippen molar-refractivity contribution in [1.82, 2.24) is 19.4 Å². The highest BCUT2D eigenvalue weighted by molar-refractivity contribution is 9.10. The Balaban J connectivity index is 1.91. The summed E-state index contributed by atoms with van der Waals surface area (Å²) in [6, 6.07) is 1.83. The second-order valence-electron chi connectivity index (χ2n) is 3.89. The average molecular weight is 311 g/mol. The largest absolute Gasteiger partial charge is 0.349 e. The summed E-state index contributed by atoms with van der Waals surface area (Å²) in [5.41, 5.74) is 0.676. The standard InChI is InChI=1S/C12H15BrN4O/c1-2-17-8-10(13)7-11(17)12(18)15-4-6-16-5-3-14-9-16/h3,5,7-9H,2,4,6H2,1H3,(H,15,18). The van der Waals surface area contributed by atoms with Crippen LogP contribution >= 0.6 is 15.9 Å². The van der Waals surface area contributed by atoms with Crippen LogP contribution in [0.15, 0.2) is 35.5 Å². The second-order valence-corrected chi connectivity index (χ2v) is 4.80. The minimum absolute atomic E-state index is 0.0531. The van der Waals surface area contributed by atoms with Gasteiger partial charge in [-0.15, -0.1) is 0 Å². The second kappa shape index (κ2) is 5.86. The molecule has 0 fully saturated rings. The maximum atomic E-state index is 12.0. The number of halogens is 1. The van der Waals surface area contributed by atoms with Crippen LogP contribution in [0.1, 0.15) is 17.4 Å². The smallest absolute Gasteiger partial charge is 0.268 e. The Morgan fingerprint density at radius 1 is 1.56 bits per heavy atom. The summed E-state index contributed by atoms with van der Waals surface area (Å²) in [5, 5.41) is 2.90. The van der Waals surface area contributed by atoms with Crippen molar-refractivity contribution in [3.63, 3.8) is 0 Å². The molecule has 0 saturated heterocycles. The quantitative estimate of drug-likeness (QED) is 0.917. The molecular formula is C12H15BrN4O. The molecule has 0 aliphatic carbocycles. The molecule has 2 aromatic heterocycles. The molecule has 96 valence electrons. The molecule has 0 unspecified atom stereocenters. The normalized spacial score (nSPS) is 10.6. The number of aryl methyl sites for hydroxylation is 1. The number of hydrogen-bond donors (Lipinski definition) is 1. The first-order valence-corrected chi connectivity index (χ1v) is 6.59. The van der Waals surface area contributed by atoms with Crippen molar-refractivity contribution in [2.75, 3.05) is 6.54 Å². The minimum Gasteiger partial charge on any atom is -0.349 e. The van der Waals surface area contributed by atoms with Crippen molar-refractivity contribution in [2.24, 2.45) is 0 Å². The maximum Gasteiger partial charge on any atom is 0.268 e. The van der Waals surface area contributed by atoms with E-state index >= 15 is 0 Å². The van der Waals surface area contributed by atoms with Gasteiger partial charge < -0.3 is 14.5 Å². The highest BCUT2D eigenvalue weighted by atomic mass is 79.9. The van der Waals surface area contributed by atoms with Crippen LogP contribution < -0.4 is 5.32 Å². The number of carbonyl (C=O) groups is 1. The number of imidazole rings is 1. The number of hydrogen-bond acceptors (Lipinski definition) is 2. The Hall–Kier alpha value is -1.56.